The number of ether oxygens (including phenoxy) is 1. The number of aryl methyl sites for hydroxylation is 1. The van der Waals surface area contributed by atoms with E-state index in [1.165, 1.54) is 29.5 Å². The van der Waals surface area contributed by atoms with Crippen molar-refractivity contribution in [1.29, 1.82) is 0 Å². The summed E-state index contributed by atoms with van der Waals surface area (Å²) in [4.78, 5) is 4.26. The van der Waals surface area contributed by atoms with Crippen LogP contribution in [0.5, 0.6) is 5.75 Å². The SMILES string of the molecule is CN=C(NCCOCc1ccccc1)NCc1c(O)ccc2c1CCCC2.I. The number of aromatic hydroxyl groups is 1. The van der Waals surface area contributed by atoms with Gasteiger partial charge in [-0.15, -0.1) is 24.0 Å². The van der Waals surface area contributed by atoms with Crippen molar-refractivity contribution in [1.82, 2.24) is 10.6 Å². The molecule has 3 rings (SSSR count). The molecule has 0 aromatic heterocycles. The van der Waals surface area contributed by atoms with Crippen LogP contribution in [0.3, 0.4) is 0 Å². The summed E-state index contributed by atoms with van der Waals surface area (Å²) in [7, 11) is 1.75. The summed E-state index contributed by atoms with van der Waals surface area (Å²) < 4.78 is 5.69. The summed E-state index contributed by atoms with van der Waals surface area (Å²) in [5.74, 6) is 1.08. The van der Waals surface area contributed by atoms with Gasteiger partial charge in [0.05, 0.1) is 13.2 Å². The lowest BCUT2D eigenvalue weighted by molar-refractivity contribution is 0.125. The van der Waals surface area contributed by atoms with Crippen LogP contribution < -0.4 is 10.6 Å². The number of benzene rings is 2. The first kappa shape index (κ1) is 22.5. The first-order chi connectivity index (χ1) is 13.3. The zero-order valence-corrected chi connectivity index (χ0v) is 18.7. The third-order valence-corrected chi connectivity index (χ3v) is 4.93. The van der Waals surface area contributed by atoms with Crippen LogP contribution in [0.4, 0.5) is 0 Å². The topological polar surface area (TPSA) is 65.9 Å². The summed E-state index contributed by atoms with van der Waals surface area (Å²) in [5.41, 5.74) is 4.84. The molecule has 0 aliphatic heterocycles. The summed E-state index contributed by atoms with van der Waals surface area (Å²) in [6.07, 6.45) is 4.57. The molecule has 0 heterocycles. The molecule has 5 nitrogen and oxygen atoms in total. The Labute approximate surface area is 184 Å². The quantitative estimate of drug-likeness (QED) is 0.237. The highest BCUT2D eigenvalue weighted by Crippen LogP contribution is 2.30. The fourth-order valence-electron chi connectivity index (χ4n) is 3.49. The summed E-state index contributed by atoms with van der Waals surface area (Å²) in [6, 6.07) is 14.0. The fraction of sp³-hybridized carbons (Fsp3) is 0.409. The van der Waals surface area contributed by atoms with Gasteiger partial charge in [0.2, 0.25) is 0 Å². The molecular weight excluding hydrogens is 465 g/mol. The lowest BCUT2D eigenvalue weighted by Gasteiger charge is -2.21. The second kappa shape index (κ2) is 11.9. The average Bonchev–Trinajstić information content (AvgIpc) is 2.72. The molecule has 0 unspecified atom stereocenters. The standard InChI is InChI=1S/C22H29N3O2.HI/c1-23-22(24-13-14-27-16-17-7-3-2-4-8-17)25-15-20-19-10-6-5-9-18(19)11-12-21(20)26;/h2-4,7-8,11-12,26H,5-6,9-10,13-16H2,1H3,(H2,23,24,25);1H. The minimum absolute atomic E-state index is 0. The van der Waals surface area contributed by atoms with E-state index in [-0.39, 0.29) is 24.0 Å². The third-order valence-electron chi connectivity index (χ3n) is 4.93. The van der Waals surface area contributed by atoms with Crippen LogP contribution in [-0.4, -0.2) is 31.3 Å². The second-order valence-electron chi connectivity index (χ2n) is 6.80. The monoisotopic (exact) mass is 495 g/mol. The molecule has 0 fully saturated rings. The minimum Gasteiger partial charge on any atom is -0.508 e. The zero-order chi connectivity index (χ0) is 18.9. The van der Waals surface area contributed by atoms with Crippen molar-refractivity contribution in [3.63, 3.8) is 0 Å². The van der Waals surface area contributed by atoms with Crippen molar-refractivity contribution in [2.45, 2.75) is 38.8 Å². The molecule has 0 spiro atoms. The Bertz CT molecular complexity index is 766. The number of guanidine groups is 1. The Hall–Kier alpha value is -1.80. The number of fused-ring (bicyclic) bond motifs is 1. The molecule has 152 valence electrons. The number of nitrogens with one attached hydrogen (secondary N) is 2. The minimum atomic E-state index is 0. The molecule has 0 atom stereocenters. The number of halogens is 1. The van der Waals surface area contributed by atoms with Crippen molar-refractivity contribution in [3.8, 4) is 5.75 Å². The average molecular weight is 495 g/mol. The molecule has 6 heteroatoms. The number of hydrogen-bond acceptors (Lipinski definition) is 3. The maximum absolute atomic E-state index is 10.3. The highest BCUT2D eigenvalue weighted by molar-refractivity contribution is 14.0. The number of hydrogen-bond donors (Lipinski definition) is 3. The van der Waals surface area contributed by atoms with E-state index in [9.17, 15) is 5.11 Å². The van der Waals surface area contributed by atoms with E-state index < -0.39 is 0 Å². The molecule has 0 amide bonds. The first-order valence-electron chi connectivity index (χ1n) is 9.66. The van der Waals surface area contributed by atoms with Crippen molar-refractivity contribution < 1.29 is 9.84 Å². The van der Waals surface area contributed by atoms with E-state index in [0.29, 0.717) is 38.0 Å². The van der Waals surface area contributed by atoms with Gasteiger partial charge >= 0.3 is 0 Å². The van der Waals surface area contributed by atoms with Gasteiger partial charge in [0.15, 0.2) is 5.96 Å². The second-order valence-corrected chi connectivity index (χ2v) is 6.80. The smallest absolute Gasteiger partial charge is 0.191 e. The predicted octanol–water partition coefficient (Wildman–Crippen LogP) is 3.77. The van der Waals surface area contributed by atoms with Crippen LogP contribution in [0.2, 0.25) is 0 Å². The van der Waals surface area contributed by atoms with E-state index >= 15 is 0 Å². The van der Waals surface area contributed by atoms with Gasteiger partial charge < -0.3 is 20.5 Å². The lowest BCUT2D eigenvalue weighted by Crippen LogP contribution is -2.38. The number of aliphatic imine (C=N–C) groups is 1. The van der Waals surface area contributed by atoms with Gasteiger partial charge in [0.25, 0.3) is 0 Å². The van der Waals surface area contributed by atoms with Crippen LogP contribution in [0.25, 0.3) is 0 Å². The molecule has 3 N–H and O–H groups in total. The Kier molecular flexibility index (Phi) is 9.57. The van der Waals surface area contributed by atoms with Crippen molar-refractivity contribution >= 4 is 29.9 Å². The van der Waals surface area contributed by atoms with Gasteiger partial charge in [-0.05, 0) is 48.4 Å². The van der Waals surface area contributed by atoms with Gasteiger partial charge in [0.1, 0.15) is 5.75 Å². The lowest BCUT2D eigenvalue weighted by atomic mass is 9.88. The van der Waals surface area contributed by atoms with E-state index in [2.05, 4.69) is 33.8 Å². The summed E-state index contributed by atoms with van der Waals surface area (Å²) in [5, 5.41) is 16.9. The van der Waals surface area contributed by atoms with Crippen molar-refractivity contribution in [3.05, 3.63) is 64.7 Å². The molecule has 2 aromatic rings. The van der Waals surface area contributed by atoms with Crippen LogP contribution in [0.1, 0.15) is 35.1 Å². The van der Waals surface area contributed by atoms with Gasteiger partial charge in [-0.3, -0.25) is 4.99 Å². The van der Waals surface area contributed by atoms with Crippen molar-refractivity contribution in [2.75, 3.05) is 20.2 Å². The predicted molar refractivity (Wildman–Crippen MR) is 124 cm³/mol. The Morgan fingerprint density at radius 1 is 1.07 bits per heavy atom. The number of nitrogens with zero attached hydrogens (tertiary/aromatic N) is 1. The van der Waals surface area contributed by atoms with Gasteiger partial charge in [-0.1, -0.05) is 36.4 Å². The normalized spacial score (nSPS) is 13.4. The van der Waals surface area contributed by atoms with E-state index in [0.717, 1.165) is 18.4 Å². The zero-order valence-electron chi connectivity index (χ0n) is 16.4. The molecular formula is C22H30IN3O2. The third kappa shape index (κ3) is 6.38. The maximum Gasteiger partial charge on any atom is 0.191 e. The van der Waals surface area contributed by atoms with Crippen LogP contribution >= 0.6 is 24.0 Å². The van der Waals surface area contributed by atoms with Crippen LogP contribution in [-0.2, 0) is 30.7 Å². The first-order valence-corrected chi connectivity index (χ1v) is 9.66. The Morgan fingerprint density at radius 2 is 1.86 bits per heavy atom. The number of rotatable bonds is 7. The number of phenols is 1. The summed E-state index contributed by atoms with van der Waals surface area (Å²) >= 11 is 0. The molecule has 0 saturated carbocycles. The molecule has 1 aliphatic rings. The molecule has 1 aliphatic carbocycles. The molecule has 0 saturated heterocycles. The maximum atomic E-state index is 10.3. The summed E-state index contributed by atoms with van der Waals surface area (Å²) in [6.45, 7) is 2.45. The van der Waals surface area contributed by atoms with Crippen LogP contribution in [0.15, 0.2) is 47.5 Å². The van der Waals surface area contributed by atoms with Crippen LogP contribution in [0, 0.1) is 0 Å². The molecule has 2 aromatic carbocycles. The largest absolute Gasteiger partial charge is 0.508 e. The Balaban J connectivity index is 0.00000280. The van der Waals surface area contributed by atoms with Gasteiger partial charge in [-0.25, -0.2) is 0 Å². The van der Waals surface area contributed by atoms with Gasteiger partial charge in [0, 0.05) is 25.7 Å². The van der Waals surface area contributed by atoms with E-state index in [1.807, 2.05) is 24.3 Å². The van der Waals surface area contributed by atoms with Crippen molar-refractivity contribution in [2.24, 2.45) is 4.99 Å². The van der Waals surface area contributed by atoms with E-state index in [4.69, 9.17) is 4.74 Å². The van der Waals surface area contributed by atoms with E-state index in [1.54, 1.807) is 7.05 Å². The highest BCUT2D eigenvalue weighted by atomic mass is 127. The Morgan fingerprint density at radius 3 is 2.64 bits per heavy atom. The molecule has 0 bridgehead atoms. The molecule has 0 radical (unpaired) electrons. The molecule has 28 heavy (non-hydrogen) atoms. The fourth-order valence-corrected chi connectivity index (χ4v) is 3.49. The highest BCUT2D eigenvalue weighted by Gasteiger charge is 2.16. The number of phenolic OH excluding ortho intramolecular Hbond substituents is 1. The van der Waals surface area contributed by atoms with Gasteiger partial charge in [-0.2, -0.15) is 0 Å².